The lowest BCUT2D eigenvalue weighted by atomic mass is 10.1. The van der Waals surface area contributed by atoms with Crippen LogP contribution < -0.4 is 10.5 Å². The second-order valence-electron chi connectivity index (χ2n) is 7.96. The Labute approximate surface area is 186 Å². The number of carbonyl (C=O) groups is 1. The van der Waals surface area contributed by atoms with Crippen LogP contribution in [0.1, 0.15) is 27.0 Å². The monoisotopic (exact) mass is 427 g/mol. The Bertz CT molecular complexity index is 1340. The Morgan fingerprint density at radius 3 is 2.34 bits per heavy atom. The molecular weight excluding hydrogens is 402 g/mol. The number of aryl methyl sites for hydroxylation is 2. The molecular formula is C26H25N3O3. The number of aromatic nitrogens is 2. The highest BCUT2D eigenvalue weighted by Gasteiger charge is 2.18. The highest BCUT2D eigenvalue weighted by Crippen LogP contribution is 2.23. The smallest absolute Gasteiger partial charge is 0.337 e. The minimum Gasteiger partial charge on any atom is -0.465 e. The van der Waals surface area contributed by atoms with Gasteiger partial charge in [-0.3, -0.25) is 4.79 Å². The summed E-state index contributed by atoms with van der Waals surface area (Å²) in [7, 11) is 3.24. The molecule has 0 amide bonds. The maximum absolute atomic E-state index is 13.7. The van der Waals surface area contributed by atoms with Crippen LogP contribution >= 0.6 is 0 Å². The molecule has 0 aliphatic carbocycles. The van der Waals surface area contributed by atoms with Crippen molar-refractivity contribution < 1.29 is 9.53 Å². The highest BCUT2D eigenvalue weighted by atomic mass is 16.5. The van der Waals surface area contributed by atoms with Gasteiger partial charge in [0.25, 0.3) is 5.56 Å². The molecule has 0 N–H and O–H groups in total. The van der Waals surface area contributed by atoms with Crippen molar-refractivity contribution in [2.24, 2.45) is 0 Å². The van der Waals surface area contributed by atoms with Crippen molar-refractivity contribution in [3.63, 3.8) is 0 Å². The molecule has 3 aromatic carbocycles. The number of nitrogens with zero attached hydrogens (tertiary/aromatic N) is 3. The summed E-state index contributed by atoms with van der Waals surface area (Å²) >= 11 is 0. The topological polar surface area (TPSA) is 64.4 Å². The third-order valence-corrected chi connectivity index (χ3v) is 5.34. The van der Waals surface area contributed by atoms with Gasteiger partial charge >= 0.3 is 5.97 Å². The maximum Gasteiger partial charge on any atom is 0.337 e. The average molecular weight is 428 g/mol. The number of ether oxygens (including phenoxy) is 1. The molecule has 32 heavy (non-hydrogen) atoms. The van der Waals surface area contributed by atoms with Gasteiger partial charge < -0.3 is 9.64 Å². The van der Waals surface area contributed by atoms with E-state index in [4.69, 9.17) is 9.72 Å². The van der Waals surface area contributed by atoms with E-state index in [2.05, 4.69) is 6.07 Å². The number of esters is 1. The second kappa shape index (κ2) is 8.67. The first-order valence-electron chi connectivity index (χ1n) is 10.4. The van der Waals surface area contributed by atoms with Gasteiger partial charge in [0.15, 0.2) is 0 Å². The first-order chi connectivity index (χ1) is 15.4. The fraction of sp³-hybridized carbons (Fsp3) is 0.192. The molecule has 1 aromatic heterocycles. The number of anilines is 1. The molecule has 0 aliphatic heterocycles. The Kier molecular flexibility index (Phi) is 5.77. The van der Waals surface area contributed by atoms with Gasteiger partial charge in [-0.1, -0.05) is 36.4 Å². The molecule has 0 unspecified atom stereocenters. The van der Waals surface area contributed by atoms with E-state index < -0.39 is 5.97 Å². The molecule has 0 radical (unpaired) electrons. The van der Waals surface area contributed by atoms with Crippen LogP contribution in [0.2, 0.25) is 0 Å². The third-order valence-electron chi connectivity index (χ3n) is 5.34. The minimum absolute atomic E-state index is 0.189. The van der Waals surface area contributed by atoms with Crippen LogP contribution in [0.15, 0.2) is 71.5 Å². The van der Waals surface area contributed by atoms with Crippen molar-refractivity contribution in [3.05, 3.63) is 99.3 Å². The van der Waals surface area contributed by atoms with E-state index >= 15 is 0 Å². The van der Waals surface area contributed by atoms with E-state index in [-0.39, 0.29) is 5.56 Å². The van der Waals surface area contributed by atoms with Crippen LogP contribution in [0.3, 0.4) is 0 Å². The summed E-state index contributed by atoms with van der Waals surface area (Å²) in [5, 5.41) is 0.439. The molecule has 0 fully saturated rings. The molecule has 0 bridgehead atoms. The second-order valence-corrected chi connectivity index (χ2v) is 7.96. The first kappa shape index (κ1) is 21.3. The summed E-state index contributed by atoms with van der Waals surface area (Å²) < 4.78 is 6.47. The molecule has 6 heteroatoms. The Morgan fingerprint density at radius 1 is 1.00 bits per heavy atom. The van der Waals surface area contributed by atoms with Crippen LogP contribution in [0.5, 0.6) is 0 Å². The molecule has 0 aliphatic rings. The quantitative estimate of drug-likeness (QED) is 0.441. The highest BCUT2D eigenvalue weighted by molar-refractivity contribution is 5.94. The summed E-state index contributed by atoms with van der Waals surface area (Å²) in [6.45, 7) is 4.58. The summed E-state index contributed by atoms with van der Waals surface area (Å²) in [6.07, 6.45) is 0. The molecule has 162 valence electrons. The third kappa shape index (κ3) is 4.12. The zero-order valence-electron chi connectivity index (χ0n) is 18.6. The lowest BCUT2D eigenvalue weighted by Gasteiger charge is -2.23. The van der Waals surface area contributed by atoms with Crippen LogP contribution in [-0.4, -0.2) is 29.7 Å². The summed E-state index contributed by atoms with van der Waals surface area (Å²) in [6, 6.07) is 20.9. The van der Waals surface area contributed by atoms with Gasteiger partial charge in [-0.05, 0) is 60.9 Å². The van der Waals surface area contributed by atoms with Crippen molar-refractivity contribution >= 4 is 22.8 Å². The van der Waals surface area contributed by atoms with Crippen LogP contribution in [0.25, 0.3) is 16.6 Å². The number of methoxy groups -OCH3 is 1. The molecule has 0 saturated carbocycles. The van der Waals surface area contributed by atoms with Crippen LogP contribution in [-0.2, 0) is 11.3 Å². The summed E-state index contributed by atoms with van der Waals surface area (Å²) in [5.41, 5.74) is 4.59. The standard InChI is InChI=1S/C26H25N3O3/c1-17-12-18(2)14-21(13-17)29-24(30)22-11-10-20(25(31)32-4)15-23(22)27-26(29)28(3)16-19-8-6-5-7-9-19/h5-15H,16H2,1-4H3. The number of benzene rings is 3. The summed E-state index contributed by atoms with van der Waals surface area (Å²) in [4.78, 5) is 32.5. The van der Waals surface area contributed by atoms with Crippen molar-refractivity contribution in [3.8, 4) is 5.69 Å². The molecule has 4 aromatic rings. The largest absolute Gasteiger partial charge is 0.465 e. The zero-order valence-corrected chi connectivity index (χ0v) is 18.6. The fourth-order valence-electron chi connectivity index (χ4n) is 3.92. The summed E-state index contributed by atoms with van der Waals surface area (Å²) in [5.74, 6) is 0.0322. The van der Waals surface area contributed by atoms with Gasteiger partial charge in [0.05, 0.1) is 29.3 Å². The molecule has 0 saturated heterocycles. The van der Waals surface area contributed by atoms with Gasteiger partial charge in [0.1, 0.15) is 0 Å². The Morgan fingerprint density at radius 2 is 1.69 bits per heavy atom. The Hall–Kier alpha value is -3.93. The minimum atomic E-state index is -0.466. The number of fused-ring (bicyclic) bond motifs is 1. The van der Waals surface area contributed by atoms with E-state index in [9.17, 15) is 9.59 Å². The lowest BCUT2D eigenvalue weighted by Crippen LogP contribution is -2.29. The predicted octanol–water partition coefficient (Wildman–Crippen LogP) is 4.43. The number of carbonyl (C=O) groups excluding carboxylic acids is 1. The molecule has 1 heterocycles. The van der Waals surface area contributed by atoms with Gasteiger partial charge in [-0.15, -0.1) is 0 Å². The molecule has 0 spiro atoms. The Balaban J connectivity index is 1.96. The zero-order chi connectivity index (χ0) is 22.8. The van der Waals surface area contributed by atoms with E-state index in [0.717, 1.165) is 22.4 Å². The average Bonchev–Trinajstić information content (AvgIpc) is 2.78. The van der Waals surface area contributed by atoms with Gasteiger partial charge in [-0.25, -0.2) is 14.3 Å². The normalized spacial score (nSPS) is 10.9. The maximum atomic E-state index is 13.7. The van der Waals surface area contributed by atoms with Crippen LogP contribution in [0.4, 0.5) is 5.95 Å². The number of hydrogen-bond donors (Lipinski definition) is 0. The van der Waals surface area contributed by atoms with Crippen molar-refractivity contribution in [1.82, 2.24) is 9.55 Å². The van der Waals surface area contributed by atoms with E-state index in [0.29, 0.717) is 29.0 Å². The number of rotatable bonds is 5. The first-order valence-corrected chi connectivity index (χ1v) is 10.4. The van der Waals surface area contributed by atoms with Crippen molar-refractivity contribution in [1.29, 1.82) is 0 Å². The lowest BCUT2D eigenvalue weighted by molar-refractivity contribution is 0.0601. The van der Waals surface area contributed by atoms with Gasteiger partial charge in [0, 0.05) is 13.6 Å². The van der Waals surface area contributed by atoms with Crippen molar-refractivity contribution in [2.75, 3.05) is 19.1 Å². The molecule has 0 atom stereocenters. The van der Waals surface area contributed by atoms with Crippen molar-refractivity contribution in [2.45, 2.75) is 20.4 Å². The molecule has 6 nitrogen and oxygen atoms in total. The van der Waals surface area contributed by atoms with E-state index in [1.54, 1.807) is 22.8 Å². The van der Waals surface area contributed by atoms with Gasteiger partial charge in [0.2, 0.25) is 5.95 Å². The van der Waals surface area contributed by atoms with Crippen LogP contribution in [0, 0.1) is 13.8 Å². The fourth-order valence-corrected chi connectivity index (χ4v) is 3.92. The van der Waals surface area contributed by atoms with E-state index in [1.165, 1.54) is 7.11 Å². The SMILES string of the molecule is COC(=O)c1ccc2c(=O)n(-c3cc(C)cc(C)c3)c(N(C)Cc3ccccc3)nc2c1. The molecule has 4 rings (SSSR count). The predicted molar refractivity (Wildman–Crippen MR) is 127 cm³/mol. The number of hydrogen-bond acceptors (Lipinski definition) is 5. The van der Waals surface area contributed by atoms with Gasteiger partial charge in [-0.2, -0.15) is 0 Å². The van der Waals surface area contributed by atoms with E-state index in [1.807, 2.05) is 68.3 Å².